The fourth-order valence-electron chi connectivity index (χ4n) is 2.54. The van der Waals surface area contributed by atoms with E-state index in [9.17, 15) is 14.4 Å². The molecule has 0 atom stereocenters. The van der Waals surface area contributed by atoms with Gasteiger partial charge in [0.15, 0.2) is 18.9 Å². The zero-order chi connectivity index (χ0) is 22.4. The number of anilines is 1. The number of carbonyl (C=O) groups is 3. The third kappa shape index (κ3) is 6.05. The average Bonchev–Trinajstić information content (AvgIpc) is 3.21. The maximum atomic E-state index is 12.2. The lowest BCUT2D eigenvalue weighted by Crippen LogP contribution is -2.20. The number of nitrogens with one attached hydrogen (secondary N) is 1. The minimum absolute atomic E-state index is 0.111. The lowest BCUT2D eigenvalue weighted by atomic mass is 10.1. The van der Waals surface area contributed by atoms with Crippen LogP contribution in [-0.4, -0.2) is 44.5 Å². The number of hydrogen-bond donors (Lipinski definition) is 1. The number of esters is 1. The van der Waals surface area contributed by atoms with Crippen LogP contribution in [0.5, 0.6) is 0 Å². The van der Waals surface area contributed by atoms with Crippen LogP contribution in [0.25, 0.3) is 11.4 Å². The van der Waals surface area contributed by atoms with E-state index in [0.29, 0.717) is 17.1 Å². The number of benzene rings is 2. The highest BCUT2D eigenvalue weighted by molar-refractivity contribution is 5.99. The summed E-state index contributed by atoms with van der Waals surface area (Å²) in [5.74, 6) is -0.869. The van der Waals surface area contributed by atoms with Crippen molar-refractivity contribution in [3.05, 3.63) is 59.7 Å². The first kappa shape index (κ1) is 21.8. The van der Waals surface area contributed by atoms with Crippen molar-refractivity contribution in [3.63, 3.8) is 0 Å². The number of rotatable bonds is 8. The van der Waals surface area contributed by atoms with Gasteiger partial charge in [-0.2, -0.15) is 4.80 Å². The summed E-state index contributed by atoms with van der Waals surface area (Å²) in [6, 6.07) is 14.0. The maximum Gasteiger partial charge on any atom is 0.330 e. The van der Waals surface area contributed by atoms with E-state index in [1.165, 1.54) is 0 Å². The molecule has 3 rings (SSSR count). The van der Waals surface area contributed by atoms with E-state index in [0.717, 1.165) is 15.9 Å². The Morgan fingerprint density at radius 2 is 1.71 bits per heavy atom. The Hall–Kier alpha value is -3.88. The first-order valence-electron chi connectivity index (χ1n) is 9.76. The molecule has 2 aromatic carbocycles. The molecule has 0 unspecified atom stereocenters. The summed E-state index contributed by atoms with van der Waals surface area (Å²) in [5.41, 5.74) is 2.86. The highest BCUT2D eigenvalue weighted by atomic mass is 16.5. The molecule has 160 valence electrons. The molecule has 0 spiro atoms. The SMILES string of the molecule is Cc1ccc(-c2nnn(CC(=O)OCC(=O)c3ccc(NC(=O)C(C)C)cc3)n2)cc1. The number of nitrogens with zero attached hydrogens (tertiary/aromatic N) is 4. The first-order chi connectivity index (χ1) is 14.8. The van der Waals surface area contributed by atoms with Crippen LogP contribution in [-0.2, 0) is 20.9 Å². The highest BCUT2D eigenvalue weighted by Gasteiger charge is 2.14. The van der Waals surface area contributed by atoms with Crippen molar-refractivity contribution >= 4 is 23.3 Å². The number of ketones is 1. The molecule has 1 aromatic heterocycles. The fraction of sp³-hybridized carbons (Fsp3) is 0.273. The minimum atomic E-state index is -0.651. The third-order valence-corrected chi connectivity index (χ3v) is 4.40. The number of amides is 1. The van der Waals surface area contributed by atoms with Gasteiger partial charge in [0.25, 0.3) is 0 Å². The molecule has 0 fully saturated rings. The van der Waals surface area contributed by atoms with Crippen molar-refractivity contribution in [1.82, 2.24) is 20.2 Å². The number of hydrogen-bond acceptors (Lipinski definition) is 7. The van der Waals surface area contributed by atoms with E-state index in [4.69, 9.17) is 4.74 Å². The summed E-state index contributed by atoms with van der Waals surface area (Å²) in [6.45, 7) is 4.90. The van der Waals surface area contributed by atoms with Gasteiger partial charge in [-0.3, -0.25) is 9.59 Å². The van der Waals surface area contributed by atoms with Crippen LogP contribution < -0.4 is 5.32 Å². The molecule has 1 amide bonds. The van der Waals surface area contributed by atoms with E-state index in [1.54, 1.807) is 38.1 Å². The molecule has 0 aliphatic heterocycles. The molecule has 0 aliphatic carbocycles. The summed E-state index contributed by atoms with van der Waals surface area (Å²) < 4.78 is 5.03. The normalized spacial score (nSPS) is 10.7. The second-order valence-electron chi connectivity index (χ2n) is 7.31. The molecular formula is C22H23N5O4. The second-order valence-corrected chi connectivity index (χ2v) is 7.31. The number of aromatic nitrogens is 4. The van der Waals surface area contributed by atoms with Crippen LogP contribution in [0.4, 0.5) is 5.69 Å². The molecule has 9 heteroatoms. The zero-order valence-electron chi connectivity index (χ0n) is 17.5. The molecule has 3 aromatic rings. The van der Waals surface area contributed by atoms with Gasteiger partial charge in [0, 0.05) is 22.7 Å². The Balaban J connectivity index is 1.50. The van der Waals surface area contributed by atoms with Gasteiger partial charge in [0.05, 0.1) is 0 Å². The van der Waals surface area contributed by atoms with Gasteiger partial charge >= 0.3 is 5.97 Å². The topological polar surface area (TPSA) is 116 Å². The summed E-state index contributed by atoms with van der Waals surface area (Å²) in [4.78, 5) is 37.1. The third-order valence-electron chi connectivity index (χ3n) is 4.40. The predicted molar refractivity (Wildman–Crippen MR) is 113 cm³/mol. The molecule has 31 heavy (non-hydrogen) atoms. The lowest BCUT2D eigenvalue weighted by Gasteiger charge is -2.08. The molecule has 1 heterocycles. The van der Waals surface area contributed by atoms with E-state index >= 15 is 0 Å². The minimum Gasteiger partial charge on any atom is -0.456 e. The van der Waals surface area contributed by atoms with E-state index in [-0.39, 0.29) is 24.2 Å². The van der Waals surface area contributed by atoms with E-state index in [1.807, 2.05) is 31.2 Å². The Kier molecular flexibility index (Phi) is 6.86. The van der Waals surface area contributed by atoms with Crippen molar-refractivity contribution < 1.29 is 19.1 Å². The van der Waals surface area contributed by atoms with Crippen molar-refractivity contribution in [3.8, 4) is 11.4 Å². The van der Waals surface area contributed by atoms with Crippen LogP contribution >= 0.6 is 0 Å². The van der Waals surface area contributed by atoms with Crippen LogP contribution in [0.3, 0.4) is 0 Å². The number of ether oxygens (including phenoxy) is 1. The molecular weight excluding hydrogens is 398 g/mol. The summed E-state index contributed by atoms with van der Waals surface area (Å²) >= 11 is 0. The van der Waals surface area contributed by atoms with Crippen LogP contribution in [0.15, 0.2) is 48.5 Å². The molecule has 1 N–H and O–H groups in total. The predicted octanol–water partition coefficient (Wildman–Crippen LogP) is 2.67. The summed E-state index contributed by atoms with van der Waals surface area (Å²) in [7, 11) is 0. The standard InChI is InChI=1S/C22H23N5O4/c1-14(2)22(30)23-18-10-8-16(9-11-18)19(28)13-31-20(29)12-27-25-21(24-26-27)17-6-4-15(3)5-7-17/h4-11,14H,12-13H2,1-3H3,(H,23,30). The quantitative estimate of drug-likeness (QED) is 0.439. The van der Waals surface area contributed by atoms with Crippen molar-refractivity contribution in [2.75, 3.05) is 11.9 Å². The number of Topliss-reactive ketones (excluding diaryl/α,β-unsaturated/α-hetero) is 1. The molecule has 9 nitrogen and oxygen atoms in total. The van der Waals surface area contributed by atoms with Crippen molar-refractivity contribution in [2.45, 2.75) is 27.3 Å². The molecule has 0 radical (unpaired) electrons. The molecule has 0 aliphatic rings. The first-order valence-corrected chi connectivity index (χ1v) is 9.76. The van der Waals surface area contributed by atoms with E-state index < -0.39 is 12.6 Å². The lowest BCUT2D eigenvalue weighted by molar-refractivity contribution is -0.143. The van der Waals surface area contributed by atoms with Gasteiger partial charge in [-0.15, -0.1) is 10.2 Å². The smallest absolute Gasteiger partial charge is 0.330 e. The van der Waals surface area contributed by atoms with Crippen LogP contribution in [0.2, 0.25) is 0 Å². The van der Waals surface area contributed by atoms with Crippen LogP contribution in [0.1, 0.15) is 29.8 Å². The molecule has 0 bridgehead atoms. The van der Waals surface area contributed by atoms with Gasteiger partial charge in [0.2, 0.25) is 11.7 Å². The molecule has 0 saturated heterocycles. The molecule has 0 saturated carbocycles. The number of tetrazole rings is 1. The van der Waals surface area contributed by atoms with Crippen LogP contribution in [0, 0.1) is 12.8 Å². The van der Waals surface area contributed by atoms with Gasteiger partial charge in [-0.1, -0.05) is 43.7 Å². The van der Waals surface area contributed by atoms with Gasteiger partial charge in [-0.25, -0.2) is 4.79 Å². The number of aryl methyl sites for hydroxylation is 1. The van der Waals surface area contributed by atoms with Gasteiger partial charge in [0.1, 0.15) is 0 Å². The average molecular weight is 421 g/mol. The second kappa shape index (κ2) is 9.75. The fourth-order valence-corrected chi connectivity index (χ4v) is 2.54. The Bertz CT molecular complexity index is 1070. The van der Waals surface area contributed by atoms with Crippen molar-refractivity contribution in [2.24, 2.45) is 5.92 Å². The summed E-state index contributed by atoms with van der Waals surface area (Å²) in [5, 5.41) is 14.7. The highest BCUT2D eigenvalue weighted by Crippen LogP contribution is 2.14. The van der Waals surface area contributed by atoms with Crippen molar-refractivity contribution in [1.29, 1.82) is 0 Å². The Morgan fingerprint density at radius 3 is 2.35 bits per heavy atom. The van der Waals surface area contributed by atoms with E-state index in [2.05, 4.69) is 20.7 Å². The maximum absolute atomic E-state index is 12.2. The Morgan fingerprint density at radius 1 is 1.03 bits per heavy atom. The monoisotopic (exact) mass is 421 g/mol. The van der Waals surface area contributed by atoms with Gasteiger partial charge < -0.3 is 10.1 Å². The Labute approximate surface area is 179 Å². The number of carbonyl (C=O) groups excluding carboxylic acids is 3. The zero-order valence-corrected chi connectivity index (χ0v) is 17.5. The largest absolute Gasteiger partial charge is 0.456 e. The van der Waals surface area contributed by atoms with Gasteiger partial charge in [-0.05, 0) is 36.4 Å². The summed E-state index contributed by atoms with van der Waals surface area (Å²) in [6.07, 6.45) is 0.